The maximum atomic E-state index is 11.9. The van der Waals surface area contributed by atoms with Gasteiger partial charge in [-0.15, -0.1) is 11.3 Å². The number of hydrogen-bond donors (Lipinski definition) is 2. The molecule has 2 N–H and O–H groups in total. The number of aromatic nitrogens is 1. The van der Waals surface area contributed by atoms with Crippen molar-refractivity contribution >= 4 is 32.4 Å². The minimum Gasteiger partial charge on any atom is -0.389 e. The zero-order valence-electron chi connectivity index (χ0n) is 11.9. The number of sulfonamides is 1. The Morgan fingerprint density at radius 2 is 2.15 bits per heavy atom. The first-order valence-electron chi connectivity index (χ1n) is 5.85. The molecule has 0 fully saturated rings. The first kappa shape index (κ1) is 16.9. The van der Waals surface area contributed by atoms with Crippen molar-refractivity contribution in [2.45, 2.75) is 25.9 Å². The van der Waals surface area contributed by atoms with Crippen LogP contribution in [0.25, 0.3) is 0 Å². The fourth-order valence-corrected chi connectivity index (χ4v) is 3.12. The largest absolute Gasteiger partial charge is 0.389 e. The van der Waals surface area contributed by atoms with Gasteiger partial charge in [-0.05, 0) is 13.8 Å². The SMILES string of the molecule is CN(CC(C)(C)O)C(=O)Cc1csc(NS(C)(=O)=O)n1. The Morgan fingerprint density at radius 1 is 1.55 bits per heavy atom. The number of nitrogens with one attached hydrogen (secondary N) is 1. The molecule has 1 rings (SSSR count). The van der Waals surface area contributed by atoms with E-state index in [2.05, 4.69) is 9.71 Å². The highest BCUT2D eigenvalue weighted by Gasteiger charge is 2.20. The Labute approximate surface area is 122 Å². The van der Waals surface area contributed by atoms with Crippen molar-refractivity contribution < 1.29 is 18.3 Å². The maximum Gasteiger partial charge on any atom is 0.231 e. The Hall–Kier alpha value is -1.19. The molecule has 0 aliphatic heterocycles. The third kappa shape index (κ3) is 6.31. The number of aliphatic hydroxyl groups is 1. The van der Waals surface area contributed by atoms with Crippen LogP contribution in [-0.2, 0) is 21.2 Å². The van der Waals surface area contributed by atoms with Crippen LogP contribution >= 0.6 is 11.3 Å². The number of anilines is 1. The van der Waals surface area contributed by atoms with Gasteiger partial charge in [-0.3, -0.25) is 9.52 Å². The highest BCUT2D eigenvalue weighted by Crippen LogP contribution is 2.17. The van der Waals surface area contributed by atoms with Gasteiger partial charge >= 0.3 is 0 Å². The summed E-state index contributed by atoms with van der Waals surface area (Å²) in [6.45, 7) is 3.45. The van der Waals surface area contributed by atoms with Crippen molar-refractivity contribution in [3.8, 4) is 0 Å². The minimum atomic E-state index is -3.36. The molecular formula is C11H19N3O4S2. The number of amides is 1. The summed E-state index contributed by atoms with van der Waals surface area (Å²) in [6, 6.07) is 0. The van der Waals surface area contributed by atoms with Crippen molar-refractivity contribution in [3.05, 3.63) is 11.1 Å². The van der Waals surface area contributed by atoms with Gasteiger partial charge in [0, 0.05) is 19.0 Å². The lowest BCUT2D eigenvalue weighted by molar-refractivity contribution is -0.131. The lowest BCUT2D eigenvalue weighted by Crippen LogP contribution is -2.40. The summed E-state index contributed by atoms with van der Waals surface area (Å²) >= 11 is 1.12. The lowest BCUT2D eigenvalue weighted by atomic mass is 10.1. The summed E-state index contributed by atoms with van der Waals surface area (Å²) in [7, 11) is -1.76. The predicted octanol–water partition coefficient (Wildman–Crippen LogP) is 0.286. The van der Waals surface area contributed by atoms with Crippen LogP contribution in [0.3, 0.4) is 0 Å². The Balaban J connectivity index is 2.63. The Morgan fingerprint density at radius 3 is 2.65 bits per heavy atom. The summed E-state index contributed by atoms with van der Waals surface area (Å²) in [5, 5.41) is 11.5. The summed E-state index contributed by atoms with van der Waals surface area (Å²) in [5.74, 6) is -0.191. The molecule has 0 saturated carbocycles. The van der Waals surface area contributed by atoms with E-state index >= 15 is 0 Å². The van der Waals surface area contributed by atoms with Gasteiger partial charge in [0.05, 0.1) is 24.0 Å². The fourth-order valence-electron chi connectivity index (χ4n) is 1.55. The van der Waals surface area contributed by atoms with E-state index in [0.29, 0.717) is 5.69 Å². The van der Waals surface area contributed by atoms with E-state index in [1.165, 1.54) is 4.90 Å². The van der Waals surface area contributed by atoms with Gasteiger partial charge in [-0.25, -0.2) is 13.4 Å². The van der Waals surface area contributed by atoms with Gasteiger partial charge in [0.25, 0.3) is 0 Å². The molecule has 0 aliphatic carbocycles. The average molecular weight is 321 g/mol. The van der Waals surface area contributed by atoms with Crippen LogP contribution in [0.15, 0.2) is 5.38 Å². The van der Waals surface area contributed by atoms with Gasteiger partial charge in [0.2, 0.25) is 15.9 Å². The third-order valence-electron chi connectivity index (χ3n) is 2.21. The normalized spacial score (nSPS) is 12.2. The number of rotatable bonds is 6. The van der Waals surface area contributed by atoms with Gasteiger partial charge < -0.3 is 10.0 Å². The second-order valence-corrected chi connectivity index (χ2v) is 7.86. The zero-order chi connectivity index (χ0) is 15.6. The molecule has 0 radical (unpaired) electrons. The highest BCUT2D eigenvalue weighted by molar-refractivity contribution is 7.92. The molecule has 1 aromatic heterocycles. The van der Waals surface area contributed by atoms with E-state index in [9.17, 15) is 18.3 Å². The number of thiazole rings is 1. The van der Waals surface area contributed by atoms with Gasteiger partial charge in [0.15, 0.2) is 5.13 Å². The van der Waals surface area contributed by atoms with E-state index in [0.717, 1.165) is 17.6 Å². The number of nitrogens with zero attached hydrogens (tertiary/aromatic N) is 2. The summed E-state index contributed by atoms with van der Waals surface area (Å²) in [4.78, 5) is 17.4. The second kappa shape index (κ2) is 6.06. The molecule has 0 aliphatic rings. The molecule has 9 heteroatoms. The van der Waals surface area contributed by atoms with Gasteiger partial charge in [0.1, 0.15) is 0 Å². The summed E-state index contributed by atoms with van der Waals surface area (Å²) < 4.78 is 24.4. The Bertz CT molecular complexity index is 575. The molecule has 7 nitrogen and oxygen atoms in total. The predicted molar refractivity (Wildman–Crippen MR) is 78.2 cm³/mol. The highest BCUT2D eigenvalue weighted by atomic mass is 32.2. The van der Waals surface area contributed by atoms with E-state index in [-0.39, 0.29) is 24.0 Å². The standard InChI is InChI=1S/C11H19N3O4S2/c1-11(2,16)7-14(3)9(15)5-8-6-19-10(12-8)13-20(4,17)18/h6,16H,5,7H2,1-4H3,(H,12,13). The van der Waals surface area contributed by atoms with E-state index in [1.54, 1.807) is 26.3 Å². The van der Waals surface area contributed by atoms with Crippen LogP contribution < -0.4 is 4.72 Å². The number of carbonyl (C=O) groups excluding carboxylic acids is 1. The third-order valence-corrected chi connectivity index (χ3v) is 3.71. The smallest absolute Gasteiger partial charge is 0.231 e. The first-order chi connectivity index (χ1) is 8.96. The van der Waals surface area contributed by atoms with Crippen LogP contribution in [-0.4, -0.2) is 54.8 Å². The molecule has 0 unspecified atom stereocenters. The minimum absolute atomic E-state index is 0.0640. The van der Waals surface area contributed by atoms with Crippen molar-refractivity contribution in [2.75, 3.05) is 24.6 Å². The van der Waals surface area contributed by atoms with Crippen LogP contribution in [0, 0.1) is 0 Å². The van der Waals surface area contributed by atoms with E-state index < -0.39 is 15.6 Å². The quantitative estimate of drug-likeness (QED) is 0.784. The van der Waals surface area contributed by atoms with Crippen molar-refractivity contribution in [1.82, 2.24) is 9.88 Å². The number of carbonyl (C=O) groups is 1. The average Bonchev–Trinajstić information content (AvgIpc) is 2.59. The maximum absolute atomic E-state index is 11.9. The lowest BCUT2D eigenvalue weighted by Gasteiger charge is -2.25. The van der Waals surface area contributed by atoms with E-state index in [4.69, 9.17) is 0 Å². The van der Waals surface area contributed by atoms with E-state index in [1.807, 2.05) is 0 Å². The first-order valence-corrected chi connectivity index (χ1v) is 8.62. The molecule has 114 valence electrons. The van der Waals surface area contributed by atoms with Crippen molar-refractivity contribution in [1.29, 1.82) is 0 Å². The van der Waals surface area contributed by atoms with Crippen LogP contribution in [0.4, 0.5) is 5.13 Å². The molecule has 1 aromatic rings. The summed E-state index contributed by atoms with van der Waals surface area (Å²) in [5.41, 5.74) is -0.469. The molecule has 0 atom stereocenters. The number of likely N-dealkylation sites (N-methyl/N-ethyl adjacent to an activating group) is 1. The molecule has 1 heterocycles. The van der Waals surface area contributed by atoms with Gasteiger partial charge in [-0.1, -0.05) is 0 Å². The zero-order valence-corrected chi connectivity index (χ0v) is 13.5. The molecule has 0 spiro atoms. The second-order valence-electron chi connectivity index (χ2n) is 5.26. The Kier molecular flexibility index (Phi) is 5.11. The van der Waals surface area contributed by atoms with Crippen LogP contribution in [0.2, 0.25) is 0 Å². The van der Waals surface area contributed by atoms with Crippen molar-refractivity contribution in [3.63, 3.8) is 0 Å². The topological polar surface area (TPSA) is 99.6 Å². The molecule has 0 bridgehead atoms. The van der Waals surface area contributed by atoms with Gasteiger partial charge in [-0.2, -0.15) is 0 Å². The monoisotopic (exact) mass is 321 g/mol. The molecule has 1 amide bonds. The molecular weight excluding hydrogens is 302 g/mol. The summed E-state index contributed by atoms with van der Waals surface area (Å²) in [6.07, 6.45) is 1.10. The van der Waals surface area contributed by atoms with Crippen LogP contribution in [0.1, 0.15) is 19.5 Å². The van der Waals surface area contributed by atoms with Crippen molar-refractivity contribution in [2.24, 2.45) is 0 Å². The van der Waals surface area contributed by atoms with Crippen LogP contribution in [0.5, 0.6) is 0 Å². The number of hydrogen-bond acceptors (Lipinski definition) is 6. The molecule has 0 aromatic carbocycles. The fraction of sp³-hybridized carbons (Fsp3) is 0.636. The molecule has 0 saturated heterocycles. The molecule has 20 heavy (non-hydrogen) atoms.